The Balaban J connectivity index is 1.74. The lowest BCUT2D eigenvalue weighted by Gasteiger charge is -2.25. The quantitative estimate of drug-likeness (QED) is 0.387. The number of ketones is 1. The van der Waals surface area contributed by atoms with Crippen LogP contribution in [0.4, 0.5) is 4.39 Å². The molecule has 0 radical (unpaired) electrons. The van der Waals surface area contributed by atoms with Gasteiger partial charge in [0.1, 0.15) is 11.6 Å². The van der Waals surface area contributed by atoms with Crippen molar-refractivity contribution in [3.05, 3.63) is 95.8 Å². The van der Waals surface area contributed by atoms with E-state index in [0.717, 1.165) is 0 Å². The van der Waals surface area contributed by atoms with Crippen LogP contribution in [0, 0.1) is 5.82 Å². The first-order chi connectivity index (χ1) is 14.6. The van der Waals surface area contributed by atoms with Gasteiger partial charge in [-0.2, -0.15) is 0 Å². The monoisotopic (exact) mass is 405 g/mol. The minimum Gasteiger partial charge on any atom is -0.507 e. The molecule has 2 aromatic carbocycles. The van der Waals surface area contributed by atoms with Crippen LogP contribution in [-0.4, -0.2) is 37.8 Å². The summed E-state index contributed by atoms with van der Waals surface area (Å²) in [4.78, 5) is 31.0. The Hall–Kier alpha value is -3.74. The van der Waals surface area contributed by atoms with E-state index in [1.807, 2.05) is 4.57 Å². The third-order valence-electron chi connectivity index (χ3n) is 5.16. The van der Waals surface area contributed by atoms with Crippen molar-refractivity contribution in [1.82, 2.24) is 14.5 Å². The summed E-state index contributed by atoms with van der Waals surface area (Å²) >= 11 is 0. The first-order valence-electron chi connectivity index (χ1n) is 9.62. The van der Waals surface area contributed by atoms with Gasteiger partial charge >= 0.3 is 0 Å². The molecule has 1 atom stereocenters. The van der Waals surface area contributed by atoms with Crippen molar-refractivity contribution in [3.63, 3.8) is 0 Å². The Labute approximate surface area is 172 Å². The van der Waals surface area contributed by atoms with Gasteiger partial charge in [-0.15, -0.1) is 0 Å². The number of amides is 1. The number of aliphatic hydroxyl groups is 1. The number of hydrogen-bond acceptors (Lipinski definition) is 4. The van der Waals surface area contributed by atoms with Crippen molar-refractivity contribution in [3.8, 4) is 0 Å². The van der Waals surface area contributed by atoms with Crippen molar-refractivity contribution < 1.29 is 19.1 Å². The van der Waals surface area contributed by atoms with Crippen LogP contribution in [0.5, 0.6) is 0 Å². The minimum atomic E-state index is -0.991. The summed E-state index contributed by atoms with van der Waals surface area (Å²) in [6.45, 7) is 0.818. The van der Waals surface area contributed by atoms with Crippen molar-refractivity contribution in [2.24, 2.45) is 0 Å². The number of benzene rings is 2. The number of carbonyl (C=O) groups excluding carboxylic acids is 2. The molecular weight excluding hydrogens is 385 g/mol. The second-order valence-electron chi connectivity index (χ2n) is 7.03. The molecule has 1 fully saturated rings. The van der Waals surface area contributed by atoms with Gasteiger partial charge in [0.25, 0.3) is 11.7 Å². The zero-order valence-corrected chi connectivity index (χ0v) is 16.1. The fraction of sp³-hybridized carbons (Fsp3) is 0.174. The lowest BCUT2D eigenvalue weighted by atomic mass is 9.95. The number of carbonyl (C=O) groups is 2. The van der Waals surface area contributed by atoms with E-state index in [1.54, 1.807) is 61.2 Å². The van der Waals surface area contributed by atoms with Gasteiger partial charge in [-0.05, 0) is 12.5 Å². The average Bonchev–Trinajstić information content (AvgIpc) is 3.37. The number of aromatic nitrogens is 2. The summed E-state index contributed by atoms with van der Waals surface area (Å²) in [6.07, 6.45) is 5.67. The fourth-order valence-electron chi connectivity index (χ4n) is 3.72. The molecule has 7 heteroatoms. The molecule has 0 bridgehead atoms. The Morgan fingerprint density at radius 2 is 1.77 bits per heavy atom. The molecule has 4 rings (SSSR count). The molecule has 3 aromatic rings. The van der Waals surface area contributed by atoms with Crippen LogP contribution in [-0.2, 0) is 16.1 Å². The van der Waals surface area contributed by atoms with Crippen LogP contribution in [0.25, 0.3) is 5.76 Å². The number of rotatable bonds is 6. The molecule has 1 aliphatic rings. The molecule has 2 heterocycles. The van der Waals surface area contributed by atoms with Gasteiger partial charge < -0.3 is 14.6 Å². The lowest BCUT2D eigenvalue weighted by Crippen LogP contribution is -2.31. The molecule has 1 aliphatic heterocycles. The Morgan fingerprint density at radius 1 is 1.03 bits per heavy atom. The Bertz CT molecular complexity index is 1090. The van der Waals surface area contributed by atoms with Gasteiger partial charge in [0.05, 0.1) is 17.9 Å². The van der Waals surface area contributed by atoms with Crippen molar-refractivity contribution in [1.29, 1.82) is 0 Å². The van der Waals surface area contributed by atoms with Crippen LogP contribution >= 0.6 is 0 Å². The standard InChI is InChI=1S/C23H20FN3O3/c24-18-10-5-4-9-17(18)20-19(21(28)16-7-2-1-3-8-16)22(29)23(30)27(20)13-6-12-26-14-11-25-15-26/h1-5,7-11,14-15,20,28H,6,12-13H2/t20-/m1/s1. The van der Waals surface area contributed by atoms with E-state index in [9.17, 15) is 19.1 Å². The van der Waals surface area contributed by atoms with Gasteiger partial charge in [0.15, 0.2) is 0 Å². The van der Waals surface area contributed by atoms with Crippen molar-refractivity contribution in [2.45, 2.75) is 19.0 Å². The SMILES string of the molecule is O=C1C(=O)N(CCCn2ccnc2)[C@H](c2ccccc2F)C1=C(O)c1ccccc1. The number of Topliss-reactive ketones (excluding diaryl/α,β-unsaturated/α-hetero) is 1. The molecule has 0 aliphatic carbocycles. The zero-order chi connectivity index (χ0) is 21.1. The molecule has 0 unspecified atom stereocenters. The van der Waals surface area contributed by atoms with Gasteiger partial charge in [-0.25, -0.2) is 9.37 Å². The highest BCUT2D eigenvalue weighted by Gasteiger charge is 2.46. The smallest absolute Gasteiger partial charge is 0.295 e. The van der Waals surface area contributed by atoms with Crippen molar-refractivity contribution >= 4 is 17.4 Å². The topological polar surface area (TPSA) is 75.4 Å². The molecule has 30 heavy (non-hydrogen) atoms. The second kappa shape index (κ2) is 8.32. The van der Waals surface area contributed by atoms with Gasteiger partial charge in [0.2, 0.25) is 0 Å². The summed E-state index contributed by atoms with van der Waals surface area (Å²) in [5.41, 5.74) is 0.478. The maximum absolute atomic E-state index is 14.7. The van der Waals surface area contributed by atoms with Crippen LogP contribution in [0.3, 0.4) is 0 Å². The Kier molecular flexibility index (Phi) is 5.43. The number of imidazole rings is 1. The molecule has 152 valence electrons. The Morgan fingerprint density at radius 3 is 2.47 bits per heavy atom. The maximum atomic E-state index is 14.7. The maximum Gasteiger partial charge on any atom is 0.295 e. The predicted molar refractivity (Wildman–Crippen MR) is 109 cm³/mol. The summed E-state index contributed by atoms with van der Waals surface area (Å²) in [7, 11) is 0. The van der Waals surface area contributed by atoms with E-state index in [4.69, 9.17) is 0 Å². The number of nitrogens with zero attached hydrogens (tertiary/aromatic N) is 3. The predicted octanol–water partition coefficient (Wildman–Crippen LogP) is 3.53. The average molecular weight is 405 g/mol. The van der Waals surface area contributed by atoms with Crippen molar-refractivity contribution in [2.75, 3.05) is 6.54 Å². The van der Waals surface area contributed by atoms with Crippen LogP contribution in [0.2, 0.25) is 0 Å². The molecule has 1 saturated heterocycles. The summed E-state index contributed by atoms with van der Waals surface area (Å²) < 4.78 is 16.5. The lowest BCUT2D eigenvalue weighted by molar-refractivity contribution is -0.140. The normalized spacial score (nSPS) is 18.2. The fourth-order valence-corrected chi connectivity index (χ4v) is 3.72. The molecule has 1 N–H and O–H groups in total. The van der Waals surface area contributed by atoms with E-state index in [2.05, 4.69) is 4.98 Å². The first kappa shape index (κ1) is 19.6. The van der Waals surface area contributed by atoms with Crippen LogP contribution in [0.15, 0.2) is 78.9 Å². The summed E-state index contributed by atoms with van der Waals surface area (Å²) in [6, 6.07) is 13.5. The van der Waals surface area contributed by atoms with E-state index in [0.29, 0.717) is 18.5 Å². The molecule has 0 spiro atoms. The number of aliphatic hydroxyl groups excluding tert-OH is 1. The highest BCUT2D eigenvalue weighted by atomic mass is 19.1. The molecular formula is C23H20FN3O3. The summed E-state index contributed by atoms with van der Waals surface area (Å²) in [5.74, 6) is -2.40. The highest BCUT2D eigenvalue weighted by molar-refractivity contribution is 6.46. The first-order valence-corrected chi connectivity index (χ1v) is 9.62. The van der Waals surface area contributed by atoms with E-state index < -0.39 is 23.5 Å². The molecule has 1 aromatic heterocycles. The third kappa shape index (κ3) is 3.61. The van der Waals surface area contributed by atoms with E-state index in [-0.39, 0.29) is 23.4 Å². The molecule has 1 amide bonds. The van der Waals surface area contributed by atoms with Crippen LogP contribution < -0.4 is 0 Å². The number of likely N-dealkylation sites (tertiary alicyclic amines) is 1. The second-order valence-corrected chi connectivity index (χ2v) is 7.03. The number of hydrogen-bond donors (Lipinski definition) is 1. The highest BCUT2D eigenvalue weighted by Crippen LogP contribution is 2.40. The van der Waals surface area contributed by atoms with E-state index in [1.165, 1.54) is 17.0 Å². The van der Waals surface area contributed by atoms with E-state index >= 15 is 0 Å². The van der Waals surface area contributed by atoms with Gasteiger partial charge in [-0.1, -0.05) is 48.5 Å². The minimum absolute atomic E-state index is 0.0982. The number of halogens is 1. The van der Waals surface area contributed by atoms with Gasteiger partial charge in [0, 0.05) is 36.6 Å². The zero-order valence-electron chi connectivity index (χ0n) is 16.1. The molecule has 6 nitrogen and oxygen atoms in total. The summed E-state index contributed by atoms with van der Waals surface area (Å²) in [5, 5.41) is 10.9. The third-order valence-corrected chi connectivity index (χ3v) is 5.16. The number of aryl methyl sites for hydroxylation is 1. The van der Waals surface area contributed by atoms with Crippen LogP contribution in [0.1, 0.15) is 23.6 Å². The largest absolute Gasteiger partial charge is 0.507 e. The molecule has 0 saturated carbocycles. The van der Waals surface area contributed by atoms with Gasteiger partial charge in [-0.3, -0.25) is 9.59 Å².